The average Bonchev–Trinajstić information content (AvgIpc) is 2.79. The van der Waals surface area contributed by atoms with Gasteiger partial charge in [-0.2, -0.15) is 5.10 Å². The van der Waals surface area contributed by atoms with E-state index in [4.69, 9.17) is 9.47 Å². The molecule has 0 bridgehead atoms. The summed E-state index contributed by atoms with van der Waals surface area (Å²) in [5.74, 6) is 0.910. The molecule has 3 rings (SSSR count). The Morgan fingerprint density at radius 2 is 1.77 bits per heavy atom. The molecule has 7 nitrogen and oxygen atoms in total. The van der Waals surface area contributed by atoms with E-state index in [1.807, 2.05) is 31.2 Å². The molecule has 0 spiro atoms. The van der Waals surface area contributed by atoms with Gasteiger partial charge in [-0.3, -0.25) is 9.59 Å². The number of ether oxygens (including phenoxy) is 2. The van der Waals surface area contributed by atoms with Gasteiger partial charge in [-0.15, -0.1) is 0 Å². The predicted octanol–water partition coefficient (Wildman–Crippen LogP) is 3.07. The number of amides is 1. The molecule has 162 valence electrons. The molecule has 1 aromatic heterocycles. The summed E-state index contributed by atoms with van der Waals surface area (Å²) in [5, 5.41) is 7.30. The van der Waals surface area contributed by atoms with Gasteiger partial charge in [0.1, 0.15) is 6.54 Å². The maximum atomic E-state index is 12.5. The van der Waals surface area contributed by atoms with Crippen molar-refractivity contribution in [1.82, 2.24) is 15.1 Å². The van der Waals surface area contributed by atoms with Crippen LogP contribution in [-0.2, 0) is 17.8 Å². The van der Waals surface area contributed by atoms with Gasteiger partial charge in [0.15, 0.2) is 11.5 Å². The molecule has 0 aliphatic heterocycles. The minimum absolute atomic E-state index is 0.0163. The van der Waals surface area contributed by atoms with Crippen molar-refractivity contribution < 1.29 is 14.3 Å². The van der Waals surface area contributed by atoms with Gasteiger partial charge in [-0.1, -0.05) is 30.3 Å². The van der Waals surface area contributed by atoms with Gasteiger partial charge >= 0.3 is 0 Å². The van der Waals surface area contributed by atoms with E-state index >= 15 is 0 Å². The fraction of sp³-hybridized carbons (Fsp3) is 0.292. The first-order valence-corrected chi connectivity index (χ1v) is 10.1. The fourth-order valence-corrected chi connectivity index (χ4v) is 3.27. The minimum Gasteiger partial charge on any atom is -0.493 e. The Kier molecular flexibility index (Phi) is 7.43. The number of hydrogen-bond donors (Lipinski definition) is 1. The highest BCUT2D eigenvalue weighted by Gasteiger charge is 2.12. The van der Waals surface area contributed by atoms with E-state index in [1.54, 1.807) is 32.4 Å². The molecule has 0 aliphatic carbocycles. The number of aryl methyl sites for hydroxylation is 1. The lowest BCUT2D eigenvalue weighted by Crippen LogP contribution is -2.38. The lowest BCUT2D eigenvalue weighted by atomic mass is 10.1. The zero-order valence-corrected chi connectivity index (χ0v) is 18.0. The first-order valence-electron chi connectivity index (χ1n) is 10.1. The number of nitrogens with one attached hydrogen (secondary N) is 1. The number of aromatic nitrogens is 2. The molecule has 3 aromatic rings. The number of methoxy groups -OCH3 is 2. The Morgan fingerprint density at radius 1 is 1.03 bits per heavy atom. The average molecular weight is 421 g/mol. The molecule has 1 atom stereocenters. The summed E-state index contributed by atoms with van der Waals surface area (Å²) in [6.45, 7) is 1.81. The molecular weight excluding hydrogens is 394 g/mol. The van der Waals surface area contributed by atoms with Crippen LogP contribution in [0.3, 0.4) is 0 Å². The molecule has 0 saturated carbocycles. The quantitative estimate of drug-likeness (QED) is 0.574. The Hall–Kier alpha value is -3.61. The van der Waals surface area contributed by atoms with E-state index in [9.17, 15) is 9.59 Å². The molecule has 0 fully saturated rings. The summed E-state index contributed by atoms with van der Waals surface area (Å²) in [5.41, 5.74) is 2.20. The third-order valence-electron chi connectivity index (χ3n) is 4.96. The summed E-state index contributed by atoms with van der Waals surface area (Å²) in [4.78, 5) is 24.7. The topological polar surface area (TPSA) is 82.5 Å². The van der Waals surface area contributed by atoms with Gasteiger partial charge in [-0.25, -0.2) is 4.68 Å². The molecule has 1 unspecified atom stereocenters. The van der Waals surface area contributed by atoms with Crippen molar-refractivity contribution >= 4 is 5.91 Å². The highest BCUT2D eigenvalue weighted by atomic mass is 16.5. The van der Waals surface area contributed by atoms with E-state index in [-0.39, 0.29) is 24.1 Å². The van der Waals surface area contributed by atoms with Crippen molar-refractivity contribution in [3.8, 4) is 22.8 Å². The summed E-state index contributed by atoms with van der Waals surface area (Å²) in [7, 11) is 3.12. The van der Waals surface area contributed by atoms with Gasteiger partial charge in [0.2, 0.25) is 5.91 Å². The molecule has 0 saturated heterocycles. The molecule has 0 aliphatic rings. The minimum atomic E-state index is -0.337. The van der Waals surface area contributed by atoms with Crippen LogP contribution < -0.4 is 20.3 Å². The third-order valence-corrected chi connectivity index (χ3v) is 4.96. The van der Waals surface area contributed by atoms with Gasteiger partial charge in [0, 0.05) is 17.7 Å². The Labute approximate surface area is 181 Å². The Morgan fingerprint density at radius 3 is 2.48 bits per heavy atom. The smallest absolute Gasteiger partial charge is 0.267 e. The largest absolute Gasteiger partial charge is 0.493 e. The Balaban J connectivity index is 1.66. The molecule has 2 aromatic carbocycles. The zero-order valence-electron chi connectivity index (χ0n) is 18.0. The first kappa shape index (κ1) is 22.1. The van der Waals surface area contributed by atoms with E-state index in [0.717, 1.165) is 18.4 Å². The van der Waals surface area contributed by atoms with Crippen LogP contribution in [0.2, 0.25) is 0 Å². The van der Waals surface area contributed by atoms with Crippen LogP contribution in [-0.4, -0.2) is 35.9 Å². The SMILES string of the molecule is COc1ccc(-c2ccc(=O)n(CC(=O)NC(C)CCc3ccccc3)n2)cc1OC. The lowest BCUT2D eigenvalue weighted by molar-refractivity contribution is -0.122. The number of nitrogens with zero attached hydrogens (tertiary/aromatic N) is 2. The lowest BCUT2D eigenvalue weighted by Gasteiger charge is -2.15. The highest BCUT2D eigenvalue weighted by molar-refractivity contribution is 5.76. The molecule has 7 heteroatoms. The fourth-order valence-electron chi connectivity index (χ4n) is 3.27. The van der Waals surface area contributed by atoms with Crippen molar-refractivity contribution in [3.05, 3.63) is 76.6 Å². The first-order chi connectivity index (χ1) is 15.0. The molecule has 1 N–H and O–H groups in total. The number of carbonyl (C=O) groups is 1. The maximum absolute atomic E-state index is 12.5. The molecular formula is C24H27N3O4. The van der Waals surface area contributed by atoms with Crippen LogP contribution in [0.15, 0.2) is 65.5 Å². The number of hydrogen-bond acceptors (Lipinski definition) is 5. The van der Waals surface area contributed by atoms with Gasteiger partial charge in [-0.05, 0) is 49.6 Å². The van der Waals surface area contributed by atoms with E-state index in [2.05, 4.69) is 22.5 Å². The second-order valence-electron chi connectivity index (χ2n) is 7.28. The van der Waals surface area contributed by atoms with Crippen molar-refractivity contribution in [1.29, 1.82) is 0 Å². The molecule has 31 heavy (non-hydrogen) atoms. The van der Waals surface area contributed by atoms with Crippen LogP contribution in [0.4, 0.5) is 0 Å². The number of carbonyl (C=O) groups excluding carboxylic acids is 1. The standard InChI is InChI=1S/C24H27N3O4/c1-17(9-10-18-7-5-4-6-8-18)25-23(28)16-27-24(29)14-12-20(26-27)19-11-13-21(30-2)22(15-19)31-3/h4-8,11-15,17H,9-10,16H2,1-3H3,(H,25,28). The normalized spacial score (nSPS) is 11.6. The van der Waals surface area contributed by atoms with Crippen molar-refractivity contribution in [2.45, 2.75) is 32.4 Å². The van der Waals surface area contributed by atoms with Crippen LogP contribution >= 0.6 is 0 Å². The van der Waals surface area contributed by atoms with Gasteiger partial charge in [0.05, 0.1) is 19.9 Å². The van der Waals surface area contributed by atoms with Crippen LogP contribution in [0.5, 0.6) is 11.5 Å². The summed E-state index contributed by atoms with van der Waals surface area (Å²) in [6, 6.07) is 18.5. The van der Waals surface area contributed by atoms with Crippen molar-refractivity contribution in [2.75, 3.05) is 14.2 Å². The van der Waals surface area contributed by atoms with E-state index < -0.39 is 0 Å². The van der Waals surface area contributed by atoms with Crippen LogP contribution in [0, 0.1) is 0 Å². The summed E-state index contributed by atoms with van der Waals surface area (Å²) >= 11 is 0. The van der Waals surface area contributed by atoms with E-state index in [0.29, 0.717) is 17.2 Å². The van der Waals surface area contributed by atoms with Crippen molar-refractivity contribution in [2.24, 2.45) is 0 Å². The Bertz CT molecular complexity index is 1080. The second kappa shape index (κ2) is 10.4. The summed E-state index contributed by atoms with van der Waals surface area (Å²) in [6.07, 6.45) is 1.68. The number of benzene rings is 2. The maximum Gasteiger partial charge on any atom is 0.267 e. The zero-order chi connectivity index (χ0) is 22.2. The van der Waals surface area contributed by atoms with Crippen LogP contribution in [0.25, 0.3) is 11.3 Å². The highest BCUT2D eigenvalue weighted by Crippen LogP contribution is 2.31. The van der Waals surface area contributed by atoms with Gasteiger partial charge in [0.25, 0.3) is 5.56 Å². The summed E-state index contributed by atoms with van der Waals surface area (Å²) < 4.78 is 11.8. The third kappa shape index (κ3) is 5.94. The molecule has 0 radical (unpaired) electrons. The monoisotopic (exact) mass is 421 g/mol. The second-order valence-corrected chi connectivity index (χ2v) is 7.28. The molecule has 1 amide bonds. The number of rotatable bonds is 9. The molecule has 1 heterocycles. The van der Waals surface area contributed by atoms with Crippen molar-refractivity contribution in [3.63, 3.8) is 0 Å². The van der Waals surface area contributed by atoms with Crippen LogP contribution in [0.1, 0.15) is 18.9 Å². The predicted molar refractivity (Wildman–Crippen MR) is 119 cm³/mol. The van der Waals surface area contributed by atoms with E-state index in [1.165, 1.54) is 16.3 Å². The van der Waals surface area contributed by atoms with Gasteiger partial charge < -0.3 is 14.8 Å².